The van der Waals surface area contributed by atoms with Crippen LogP contribution >= 0.6 is 0 Å². The molecule has 1 aromatic heterocycles. The van der Waals surface area contributed by atoms with E-state index in [0.717, 1.165) is 17.4 Å². The Morgan fingerprint density at radius 1 is 1.44 bits per heavy atom. The summed E-state index contributed by atoms with van der Waals surface area (Å²) in [4.78, 5) is 11.1. The van der Waals surface area contributed by atoms with Crippen LogP contribution in [-0.2, 0) is 6.42 Å². The summed E-state index contributed by atoms with van der Waals surface area (Å²) in [6.07, 6.45) is 0.907. The second-order valence-corrected chi connectivity index (χ2v) is 3.58. The van der Waals surface area contributed by atoms with Crippen LogP contribution in [0.25, 0.3) is 11.0 Å². The Morgan fingerprint density at radius 2 is 2.19 bits per heavy atom. The fourth-order valence-corrected chi connectivity index (χ4v) is 1.59. The quantitative estimate of drug-likeness (QED) is 0.799. The largest absolute Gasteiger partial charge is 0.438 e. The fraction of sp³-hybridized carbons (Fsp3) is 0.167. The van der Waals surface area contributed by atoms with Crippen LogP contribution in [0.15, 0.2) is 28.7 Å². The molecule has 1 heterocycles. The first-order valence-corrected chi connectivity index (χ1v) is 5.03. The van der Waals surface area contributed by atoms with Gasteiger partial charge in [-0.25, -0.2) is 0 Å². The van der Waals surface area contributed by atoms with Crippen molar-refractivity contribution in [2.24, 2.45) is 5.73 Å². The molecule has 0 spiro atoms. The molecule has 4 nitrogen and oxygen atoms in total. The van der Waals surface area contributed by atoms with Gasteiger partial charge in [-0.2, -0.15) is 0 Å². The first kappa shape index (κ1) is 10.4. The smallest absolute Gasteiger partial charge is 0.254 e. The Labute approximate surface area is 92.2 Å². The molecule has 1 aromatic carbocycles. The van der Waals surface area contributed by atoms with E-state index in [-0.39, 0.29) is 11.1 Å². The van der Waals surface area contributed by atoms with Gasteiger partial charge in [0, 0.05) is 5.39 Å². The number of carbonyl (C=O) groups is 1. The SMILES string of the molecule is CCc1ccc2oc(=N)c(C(N)=O)cc2c1. The summed E-state index contributed by atoms with van der Waals surface area (Å²) in [5.41, 5.74) is 6.82. The maximum absolute atomic E-state index is 11.1. The van der Waals surface area contributed by atoms with Crippen LogP contribution in [-0.4, -0.2) is 5.91 Å². The number of fused-ring (bicyclic) bond motifs is 1. The van der Waals surface area contributed by atoms with Crippen molar-refractivity contribution in [2.45, 2.75) is 13.3 Å². The van der Waals surface area contributed by atoms with Crippen molar-refractivity contribution in [1.29, 1.82) is 5.41 Å². The Kier molecular flexibility index (Phi) is 2.48. The molecule has 0 aliphatic rings. The monoisotopic (exact) mass is 216 g/mol. The van der Waals surface area contributed by atoms with Crippen molar-refractivity contribution in [3.05, 3.63) is 40.9 Å². The van der Waals surface area contributed by atoms with Crippen LogP contribution in [0.5, 0.6) is 0 Å². The summed E-state index contributed by atoms with van der Waals surface area (Å²) in [6.45, 7) is 2.05. The average molecular weight is 216 g/mol. The van der Waals surface area contributed by atoms with E-state index in [1.165, 1.54) is 0 Å². The molecule has 0 unspecified atom stereocenters. The molecule has 82 valence electrons. The lowest BCUT2D eigenvalue weighted by Gasteiger charge is -2.02. The van der Waals surface area contributed by atoms with Gasteiger partial charge in [0.2, 0.25) is 5.55 Å². The normalized spacial score (nSPS) is 10.6. The van der Waals surface area contributed by atoms with Gasteiger partial charge in [-0.3, -0.25) is 10.2 Å². The minimum Gasteiger partial charge on any atom is -0.438 e. The minimum atomic E-state index is -0.641. The molecule has 0 bridgehead atoms. The number of nitrogens with one attached hydrogen (secondary N) is 1. The summed E-state index contributed by atoms with van der Waals surface area (Å²) >= 11 is 0. The average Bonchev–Trinajstić information content (AvgIpc) is 2.27. The topological polar surface area (TPSA) is 80.1 Å². The molecule has 2 rings (SSSR count). The van der Waals surface area contributed by atoms with Crippen LogP contribution in [0.4, 0.5) is 0 Å². The van der Waals surface area contributed by atoms with Gasteiger partial charge in [-0.05, 0) is 30.2 Å². The van der Waals surface area contributed by atoms with Crippen molar-refractivity contribution in [1.82, 2.24) is 0 Å². The zero-order valence-corrected chi connectivity index (χ0v) is 8.91. The van der Waals surface area contributed by atoms with Crippen molar-refractivity contribution in [3.8, 4) is 0 Å². The van der Waals surface area contributed by atoms with Gasteiger partial charge >= 0.3 is 0 Å². The lowest BCUT2D eigenvalue weighted by Crippen LogP contribution is -2.20. The molecule has 0 saturated carbocycles. The molecule has 0 atom stereocenters. The van der Waals surface area contributed by atoms with Gasteiger partial charge in [0.1, 0.15) is 11.1 Å². The molecule has 2 aromatic rings. The molecule has 16 heavy (non-hydrogen) atoms. The van der Waals surface area contributed by atoms with Crippen LogP contribution in [0, 0.1) is 5.41 Å². The van der Waals surface area contributed by atoms with E-state index in [4.69, 9.17) is 15.6 Å². The maximum atomic E-state index is 11.1. The van der Waals surface area contributed by atoms with Crippen molar-refractivity contribution in [2.75, 3.05) is 0 Å². The number of hydrogen-bond acceptors (Lipinski definition) is 3. The molecule has 3 N–H and O–H groups in total. The van der Waals surface area contributed by atoms with Crippen molar-refractivity contribution >= 4 is 16.9 Å². The summed E-state index contributed by atoms with van der Waals surface area (Å²) in [7, 11) is 0. The number of primary amides is 1. The highest BCUT2D eigenvalue weighted by Crippen LogP contribution is 2.15. The zero-order chi connectivity index (χ0) is 11.7. The third kappa shape index (κ3) is 1.69. The number of rotatable bonds is 2. The molecule has 0 fully saturated rings. The van der Waals surface area contributed by atoms with E-state index in [1.807, 2.05) is 19.1 Å². The number of carbonyl (C=O) groups excluding carboxylic acids is 1. The summed E-state index contributed by atoms with van der Waals surface area (Å²) < 4.78 is 5.22. The van der Waals surface area contributed by atoms with Crippen LogP contribution in [0.2, 0.25) is 0 Å². The highest BCUT2D eigenvalue weighted by atomic mass is 16.3. The van der Waals surface area contributed by atoms with Gasteiger partial charge in [-0.15, -0.1) is 0 Å². The molecule has 4 heteroatoms. The molecular formula is C12H12N2O2. The van der Waals surface area contributed by atoms with Gasteiger partial charge in [-0.1, -0.05) is 13.0 Å². The van der Waals surface area contributed by atoms with E-state index in [1.54, 1.807) is 12.1 Å². The standard InChI is InChI=1S/C12H12N2O2/c1-2-7-3-4-10-8(5-7)6-9(11(13)15)12(14)16-10/h3-6,14H,2H2,1H3,(H2,13,15). The van der Waals surface area contributed by atoms with Gasteiger partial charge < -0.3 is 10.2 Å². The molecule has 0 saturated heterocycles. The second kappa shape index (κ2) is 3.81. The Balaban J connectivity index is 2.75. The Hall–Kier alpha value is -2.10. The Morgan fingerprint density at radius 3 is 2.81 bits per heavy atom. The third-order valence-electron chi connectivity index (χ3n) is 2.50. The molecule has 0 radical (unpaired) electrons. The van der Waals surface area contributed by atoms with E-state index >= 15 is 0 Å². The predicted octanol–water partition coefficient (Wildman–Crippen LogP) is 1.57. The van der Waals surface area contributed by atoms with Gasteiger partial charge in [0.25, 0.3) is 5.91 Å². The van der Waals surface area contributed by atoms with Gasteiger partial charge in [0.05, 0.1) is 0 Å². The van der Waals surface area contributed by atoms with E-state index in [9.17, 15) is 4.79 Å². The van der Waals surface area contributed by atoms with Crippen molar-refractivity contribution in [3.63, 3.8) is 0 Å². The minimum absolute atomic E-state index is 0.112. The van der Waals surface area contributed by atoms with Crippen LogP contribution in [0.1, 0.15) is 22.8 Å². The fourth-order valence-electron chi connectivity index (χ4n) is 1.59. The highest BCUT2D eigenvalue weighted by molar-refractivity contribution is 5.95. The lowest BCUT2D eigenvalue weighted by atomic mass is 10.1. The van der Waals surface area contributed by atoms with Crippen LogP contribution < -0.4 is 11.3 Å². The summed E-state index contributed by atoms with van der Waals surface area (Å²) in [5, 5.41) is 8.31. The van der Waals surface area contributed by atoms with E-state index < -0.39 is 5.91 Å². The van der Waals surface area contributed by atoms with Gasteiger partial charge in [0.15, 0.2) is 0 Å². The molecule has 1 amide bonds. The molecule has 0 aliphatic carbocycles. The second-order valence-electron chi connectivity index (χ2n) is 3.58. The maximum Gasteiger partial charge on any atom is 0.254 e. The number of benzene rings is 1. The number of amides is 1. The Bertz CT molecular complexity index is 614. The number of aryl methyl sites for hydroxylation is 1. The number of nitrogens with two attached hydrogens (primary N) is 1. The molecule has 0 aliphatic heterocycles. The van der Waals surface area contributed by atoms with E-state index in [0.29, 0.717) is 5.58 Å². The van der Waals surface area contributed by atoms with E-state index in [2.05, 4.69) is 0 Å². The summed E-state index contributed by atoms with van der Waals surface area (Å²) in [6, 6.07) is 7.28. The molecular weight excluding hydrogens is 204 g/mol. The summed E-state index contributed by atoms with van der Waals surface area (Å²) in [5.74, 6) is -0.641. The first-order valence-electron chi connectivity index (χ1n) is 5.03. The lowest BCUT2D eigenvalue weighted by molar-refractivity contribution is 0.0996. The highest BCUT2D eigenvalue weighted by Gasteiger charge is 2.07. The predicted molar refractivity (Wildman–Crippen MR) is 60.0 cm³/mol. The van der Waals surface area contributed by atoms with Crippen molar-refractivity contribution < 1.29 is 9.21 Å². The number of hydrogen-bond donors (Lipinski definition) is 2. The first-order chi connectivity index (χ1) is 7.61. The zero-order valence-electron chi connectivity index (χ0n) is 8.91. The van der Waals surface area contributed by atoms with Crippen LogP contribution in [0.3, 0.4) is 0 Å². The third-order valence-corrected chi connectivity index (χ3v) is 2.50.